The van der Waals surface area contributed by atoms with Crippen molar-refractivity contribution in [3.05, 3.63) is 16.7 Å². The van der Waals surface area contributed by atoms with Gasteiger partial charge in [0.05, 0.1) is 18.2 Å². The van der Waals surface area contributed by atoms with Crippen molar-refractivity contribution in [3.63, 3.8) is 0 Å². The third kappa shape index (κ3) is 2.28. The van der Waals surface area contributed by atoms with Crippen molar-refractivity contribution >= 4 is 11.6 Å². The van der Waals surface area contributed by atoms with E-state index in [1.54, 1.807) is 13.0 Å². The number of aromatic hydroxyl groups is 1. The average Bonchev–Trinajstić information content (AvgIpc) is 2.55. The second kappa shape index (κ2) is 5.02. The Balaban J connectivity index is 2.57. The highest BCUT2D eigenvalue weighted by atomic mass is 35.5. The Morgan fingerprint density at radius 1 is 1.41 bits per heavy atom. The molecule has 0 spiro atoms. The summed E-state index contributed by atoms with van der Waals surface area (Å²) in [5.74, 6) is 0.716. The number of ether oxygens (including phenoxy) is 2. The molecule has 5 heteroatoms. The van der Waals surface area contributed by atoms with Gasteiger partial charge in [-0.2, -0.15) is 0 Å². The molecule has 0 saturated carbocycles. The molecule has 2 rings (SSSR count). The highest BCUT2D eigenvalue weighted by Crippen LogP contribution is 2.46. The minimum absolute atomic E-state index is 0.0440. The third-order valence-electron chi connectivity index (χ3n) is 2.77. The van der Waals surface area contributed by atoms with Gasteiger partial charge < -0.3 is 19.7 Å². The van der Waals surface area contributed by atoms with Crippen LogP contribution >= 0.6 is 11.6 Å². The van der Waals surface area contributed by atoms with Crippen LogP contribution in [0.1, 0.15) is 24.8 Å². The number of aliphatic hydroxyl groups excluding tert-OH is 1. The molecule has 0 radical (unpaired) electrons. The Morgan fingerprint density at radius 2 is 2.12 bits per heavy atom. The number of hydrogen-bond acceptors (Lipinski definition) is 4. The van der Waals surface area contributed by atoms with Gasteiger partial charge in [0.2, 0.25) is 0 Å². The average molecular weight is 259 g/mol. The summed E-state index contributed by atoms with van der Waals surface area (Å²) >= 11 is 5.94. The van der Waals surface area contributed by atoms with Gasteiger partial charge in [0.25, 0.3) is 0 Å². The molecule has 1 aromatic rings. The van der Waals surface area contributed by atoms with Gasteiger partial charge in [-0.05, 0) is 0 Å². The van der Waals surface area contributed by atoms with Crippen LogP contribution in [0, 0.1) is 0 Å². The molecule has 0 saturated heterocycles. The number of phenolic OH excluding ortho intramolecular Hbond substituents is 1. The molecule has 1 aromatic carbocycles. The molecule has 0 fully saturated rings. The number of hydrogen-bond donors (Lipinski definition) is 2. The van der Waals surface area contributed by atoms with Crippen molar-refractivity contribution < 1.29 is 19.7 Å². The summed E-state index contributed by atoms with van der Waals surface area (Å²) in [6.45, 7) is 2.78. The third-order valence-corrected chi connectivity index (χ3v) is 3.05. The van der Waals surface area contributed by atoms with E-state index in [0.717, 1.165) is 6.42 Å². The Kier molecular flexibility index (Phi) is 3.64. The van der Waals surface area contributed by atoms with Crippen LogP contribution in [0.2, 0.25) is 5.02 Å². The molecule has 1 heterocycles. The number of rotatable bonds is 2. The fourth-order valence-electron chi connectivity index (χ4n) is 1.84. The number of halogens is 1. The molecule has 4 nitrogen and oxygen atoms in total. The zero-order valence-electron chi connectivity index (χ0n) is 9.57. The van der Waals surface area contributed by atoms with Crippen LogP contribution in [0.4, 0.5) is 0 Å². The number of aliphatic hydroxyl groups is 1. The van der Waals surface area contributed by atoms with Crippen molar-refractivity contribution in [2.24, 2.45) is 0 Å². The lowest BCUT2D eigenvalue weighted by molar-refractivity contribution is 0.261. The van der Waals surface area contributed by atoms with E-state index in [9.17, 15) is 10.2 Å². The minimum atomic E-state index is -0.260. The van der Waals surface area contributed by atoms with Crippen LogP contribution in [-0.4, -0.2) is 30.0 Å². The van der Waals surface area contributed by atoms with Crippen LogP contribution < -0.4 is 9.47 Å². The van der Waals surface area contributed by atoms with Gasteiger partial charge in [0.15, 0.2) is 11.5 Å². The zero-order chi connectivity index (χ0) is 12.4. The second-order valence-corrected chi connectivity index (χ2v) is 4.49. The Bertz CT molecular complexity index is 419. The van der Waals surface area contributed by atoms with Crippen molar-refractivity contribution in [1.82, 2.24) is 0 Å². The van der Waals surface area contributed by atoms with Gasteiger partial charge in [-0.3, -0.25) is 0 Å². The maximum absolute atomic E-state index is 9.97. The summed E-state index contributed by atoms with van der Waals surface area (Å²) in [7, 11) is 0. The maximum Gasteiger partial charge on any atom is 0.168 e. The van der Waals surface area contributed by atoms with Crippen molar-refractivity contribution in [3.8, 4) is 17.2 Å². The Labute approximate surface area is 105 Å². The SMILES string of the molecule is CC(CO)c1c(O)c(Cl)cc2c1OCCCO2. The van der Waals surface area contributed by atoms with Gasteiger partial charge in [-0.1, -0.05) is 18.5 Å². The molecular formula is C12H15ClO4. The van der Waals surface area contributed by atoms with E-state index in [0.29, 0.717) is 30.3 Å². The first-order valence-corrected chi connectivity index (χ1v) is 5.94. The second-order valence-electron chi connectivity index (χ2n) is 4.08. The first-order chi connectivity index (χ1) is 8.15. The molecule has 0 amide bonds. The predicted molar refractivity (Wildman–Crippen MR) is 64.2 cm³/mol. The number of benzene rings is 1. The summed E-state index contributed by atoms with van der Waals surface area (Å²) in [5, 5.41) is 19.4. The molecule has 0 aliphatic carbocycles. The summed E-state index contributed by atoms with van der Waals surface area (Å²) in [5.41, 5.74) is 0.511. The molecule has 94 valence electrons. The van der Waals surface area contributed by atoms with Crippen molar-refractivity contribution in [2.45, 2.75) is 19.3 Å². The lowest BCUT2D eigenvalue weighted by Crippen LogP contribution is -2.05. The molecular weight excluding hydrogens is 244 g/mol. The predicted octanol–water partition coefficient (Wildman–Crippen LogP) is 2.30. The molecule has 17 heavy (non-hydrogen) atoms. The van der Waals surface area contributed by atoms with Crippen molar-refractivity contribution in [2.75, 3.05) is 19.8 Å². The smallest absolute Gasteiger partial charge is 0.168 e. The highest BCUT2D eigenvalue weighted by molar-refractivity contribution is 6.32. The van der Waals surface area contributed by atoms with Crippen LogP contribution in [0.25, 0.3) is 0 Å². The van der Waals surface area contributed by atoms with E-state index in [-0.39, 0.29) is 23.3 Å². The monoisotopic (exact) mass is 258 g/mol. The van der Waals surface area contributed by atoms with Crippen LogP contribution in [0.15, 0.2) is 6.07 Å². The van der Waals surface area contributed by atoms with Gasteiger partial charge in [0.1, 0.15) is 5.75 Å². The van der Waals surface area contributed by atoms with E-state index < -0.39 is 0 Å². The van der Waals surface area contributed by atoms with E-state index >= 15 is 0 Å². The van der Waals surface area contributed by atoms with Crippen molar-refractivity contribution in [1.29, 1.82) is 0 Å². The quantitative estimate of drug-likeness (QED) is 0.855. The zero-order valence-corrected chi connectivity index (χ0v) is 10.3. The summed E-state index contributed by atoms with van der Waals surface area (Å²) in [6.07, 6.45) is 0.778. The van der Waals surface area contributed by atoms with E-state index in [2.05, 4.69) is 0 Å². The molecule has 1 unspecified atom stereocenters. The standard InChI is InChI=1S/C12H15ClO4/c1-7(6-14)10-11(15)8(13)5-9-12(10)17-4-2-3-16-9/h5,7,14-15H,2-4,6H2,1H3. The normalized spacial score (nSPS) is 16.4. The van der Waals surface area contributed by atoms with Gasteiger partial charge >= 0.3 is 0 Å². The lowest BCUT2D eigenvalue weighted by Gasteiger charge is -2.18. The first-order valence-electron chi connectivity index (χ1n) is 5.57. The summed E-state index contributed by atoms with van der Waals surface area (Å²) < 4.78 is 11.1. The Hall–Kier alpha value is -1.13. The van der Waals surface area contributed by atoms with E-state index in [1.807, 2.05) is 0 Å². The van der Waals surface area contributed by atoms with Gasteiger partial charge in [0, 0.05) is 30.6 Å². The van der Waals surface area contributed by atoms with Gasteiger partial charge in [-0.25, -0.2) is 0 Å². The maximum atomic E-state index is 9.97. The number of fused-ring (bicyclic) bond motifs is 1. The minimum Gasteiger partial charge on any atom is -0.506 e. The van der Waals surface area contributed by atoms with Gasteiger partial charge in [-0.15, -0.1) is 0 Å². The molecule has 2 N–H and O–H groups in total. The molecule has 1 aliphatic heterocycles. The molecule has 0 bridgehead atoms. The topological polar surface area (TPSA) is 58.9 Å². The molecule has 0 aromatic heterocycles. The van der Waals surface area contributed by atoms with E-state index in [1.165, 1.54) is 0 Å². The summed E-state index contributed by atoms with van der Waals surface area (Å²) in [4.78, 5) is 0. The highest BCUT2D eigenvalue weighted by Gasteiger charge is 2.24. The molecule has 1 aliphatic rings. The van der Waals surface area contributed by atoms with E-state index in [4.69, 9.17) is 21.1 Å². The first kappa shape index (κ1) is 12.3. The summed E-state index contributed by atoms with van der Waals surface area (Å²) in [6, 6.07) is 1.55. The molecule has 1 atom stereocenters. The van der Waals surface area contributed by atoms with Crippen LogP contribution in [0.5, 0.6) is 17.2 Å². The fraction of sp³-hybridized carbons (Fsp3) is 0.500. The van der Waals surface area contributed by atoms with Crippen LogP contribution in [0.3, 0.4) is 0 Å². The Morgan fingerprint density at radius 3 is 2.82 bits per heavy atom. The largest absolute Gasteiger partial charge is 0.506 e. The number of phenols is 1. The fourth-order valence-corrected chi connectivity index (χ4v) is 2.04. The van der Waals surface area contributed by atoms with Crippen LogP contribution in [-0.2, 0) is 0 Å². The lowest BCUT2D eigenvalue weighted by atomic mass is 9.99.